The monoisotopic (exact) mass is 440 g/mol. The summed E-state index contributed by atoms with van der Waals surface area (Å²) in [7, 11) is 1.68. The van der Waals surface area contributed by atoms with Crippen molar-refractivity contribution in [1.29, 1.82) is 0 Å². The van der Waals surface area contributed by atoms with Gasteiger partial charge in [0.1, 0.15) is 5.75 Å². The molecule has 31 heavy (non-hydrogen) atoms. The maximum Gasteiger partial charge on any atom is 0.257 e. The number of hydrogen-bond donors (Lipinski definition) is 0. The van der Waals surface area contributed by atoms with Crippen molar-refractivity contribution in [2.24, 2.45) is 0 Å². The summed E-state index contributed by atoms with van der Waals surface area (Å²) in [6.07, 6.45) is 4.25. The summed E-state index contributed by atoms with van der Waals surface area (Å²) in [6.45, 7) is 2.91. The van der Waals surface area contributed by atoms with Gasteiger partial charge < -0.3 is 14.5 Å². The van der Waals surface area contributed by atoms with Crippen molar-refractivity contribution in [3.63, 3.8) is 0 Å². The van der Waals surface area contributed by atoms with E-state index in [0.29, 0.717) is 19.5 Å². The van der Waals surface area contributed by atoms with E-state index in [4.69, 9.17) is 9.72 Å². The Morgan fingerprint density at radius 1 is 1.16 bits per heavy atom. The van der Waals surface area contributed by atoms with Gasteiger partial charge in [-0.3, -0.25) is 14.2 Å². The van der Waals surface area contributed by atoms with Gasteiger partial charge in [0.05, 0.1) is 24.5 Å². The average Bonchev–Trinajstić information content (AvgIpc) is 3.22. The van der Waals surface area contributed by atoms with Crippen molar-refractivity contribution in [2.45, 2.75) is 43.3 Å². The van der Waals surface area contributed by atoms with Crippen molar-refractivity contribution < 1.29 is 9.53 Å². The molecule has 0 N–H and O–H groups in total. The Morgan fingerprint density at radius 3 is 2.74 bits per heavy atom. The summed E-state index contributed by atoms with van der Waals surface area (Å²) < 4.78 is 7.29. The molecule has 0 bridgehead atoms. The van der Waals surface area contributed by atoms with Crippen LogP contribution < -0.4 is 15.2 Å². The maximum atomic E-state index is 13.1. The number of aryl methyl sites for hydroxylation is 1. The second-order valence-electron chi connectivity index (χ2n) is 8.41. The zero-order valence-corrected chi connectivity index (χ0v) is 18.7. The molecule has 5 rings (SSSR count). The molecule has 1 atom stereocenters. The molecule has 1 saturated heterocycles. The molecule has 1 fully saturated rings. The maximum absolute atomic E-state index is 13.1. The standard InChI is InChI=1S/C23H28N4O3S/c1-30-20-9-5-4-8-19(20)25-10-12-26(13-11-25)21(28)14-16-15-31-23-24-18-7-3-2-6-17(18)22(29)27(16)23/h4-5,8-9,16H,2-3,6-7,10-15H2,1H3/t16-/m0/s1. The molecule has 0 unspecified atom stereocenters. The number of amides is 1. The number of carbonyl (C=O) groups excluding carboxylic acids is 1. The highest BCUT2D eigenvalue weighted by atomic mass is 32.2. The Bertz CT molecular complexity index is 1050. The summed E-state index contributed by atoms with van der Waals surface area (Å²) >= 11 is 1.61. The largest absolute Gasteiger partial charge is 0.495 e. The molecule has 1 aromatic heterocycles. The van der Waals surface area contributed by atoms with Gasteiger partial charge in [-0.2, -0.15) is 0 Å². The molecule has 1 amide bonds. The second kappa shape index (κ2) is 8.57. The molecule has 2 aromatic rings. The second-order valence-corrected chi connectivity index (χ2v) is 9.40. The van der Waals surface area contributed by atoms with Crippen LogP contribution in [-0.2, 0) is 17.6 Å². The lowest BCUT2D eigenvalue weighted by atomic mass is 9.97. The van der Waals surface area contributed by atoms with Crippen LogP contribution >= 0.6 is 11.8 Å². The van der Waals surface area contributed by atoms with Gasteiger partial charge in [0.2, 0.25) is 5.91 Å². The van der Waals surface area contributed by atoms with Crippen molar-refractivity contribution in [1.82, 2.24) is 14.5 Å². The topological polar surface area (TPSA) is 67.7 Å². The van der Waals surface area contributed by atoms with Gasteiger partial charge in [0.25, 0.3) is 5.56 Å². The fraction of sp³-hybridized carbons (Fsp3) is 0.522. The molecule has 0 spiro atoms. The van der Waals surface area contributed by atoms with Crippen LogP contribution in [0.1, 0.15) is 36.6 Å². The Labute approximate surface area is 186 Å². The third-order valence-electron chi connectivity index (χ3n) is 6.59. The predicted molar refractivity (Wildman–Crippen MR) is 121 cm³/mol. The van der Waals surface area contributed by atoms with Crippen molar-refractivity contribution in [2.75, 3.05) is 43.9 Å². The first-order chi connectivity index (χ1) is 15.2. The van der Waals surface area contributed by atoms with Gasteiger partial charge in [0, 0.05) is 43.9 Å². The zero-order valence-electron chi connectivity index (χ0n) is 17.9. The van der Waals surface area contributed by atoms with Crippen LogP contribution in [0.15, 0.2) is 34.2 Å². The Hall–Kier alpha value is -2.48. The summed E-state index contributed by atoms with van der Waals surface area (Å²) in [5, 5.41) is 0.796. The summed E-state index contributed by atoms with van der Waals surface area (Å²) in [5.74, 6) is 1.73. The minimum Gasteiger partial charge on any atom is -0.495 e. The molecular weight excluding hydrogens is 412 g/mol. The zero-order chi connectivity index (χ0) is 21.4. The van der Waals surface area contributed by atoms with Gasteiger partial charge in [-0.15, -0.1) is 0 Å². The Balaban J connectivity index is 1.25. The van der Waals surface area contributed by atoms with Gasteiger partial charge >= 0.3 is 0 Å². The molecule has 1 aromatic carbocycles. The number of fused-ring (bicyclic) bond motifs is 2. The van der Waals surface area contributed by atoms with Crippen LogP contribution in [0.5, 0.6) is 5.75 Å². The lowest BCUT2D eigenvalue weighted by Crippen LogP contribution is -2.49. The van der Waals surface area contributed by atoms with Crippen LogP contribution in [0, 0.1) is 0 Å². The van der Waals surface area contributed by atoms with Gasteiger partial charge in [-0.05, 0) is 37.8 Å². The third-order valence-corrected chi connectivity index (χ3v) is 7.69. The summed E-state index contributed by atoms with van der Waals surface area (Å²) in [4.78, 5) is 35.1. The minimum absolute atomic E-state index is 0.0866. The number of rotatable bonds is 4. The molecule has 8 heteroatoms. The summed E-state index contributed by atoms with van der Waals surface area (Å²) in [6, 6.07) is 7.91. The number of para-hydroxylation sites is 2. The van der Waals surface area contributed by atoms with E-state index in [2.05, 4.69) is 11.0 Å². The van der Waals surface area contributed by atoms with Crippen molar-refractivity contribution in [3.05, 3.63) is 45.9 Å². The quantitative estimate of drug-likeness (QED) is 0.681. The van der Waals surface area contributed by atoms with E-state index < -0.39 is 0 Å². The first kappa shape index (κ1) is 20.4. The number of ether oxygens (including phenoxy) is 1. The number of anilines is 1. The van der Waals surface area contributed by atoms with Crippen LogP contribution in [0.2, 0.25) is 0 Å². The molecule has 164 valence electrons. The average molecular weight is 441 g/mol. The SMILES string of the molecule is COc1ccccc1N1CCN(C(=O)C[C@H]2CSc3nc4c(c(=O)n32)CCCC4)CC1. The molecule has 1 aliphatic carbocycles. The Morgan fingerprint density at radius 2 is 1.94 bits per heavy atom. The van der Waals surface area contributed by atoms with Crippen LogP contribution in [0.4, 0.5) is 5.69 Å². The molecule has 0 saturated carbocycles. The molecule has 2 aliphatic heterocycles. The molecule has 3 aliphatic rings. The minimum atomic E-state index is -0.0908. The summed E-state index contributed by atoms with van der Waals surface area (Å²) in [5.41, 5.74) is 3.01. The van der Waals surface area contributed by atoms with Gasteiger partial charge in [-0.25, -0.2) is 4.98 Å². The van der Waals surface area contributed by atoms with E-state index in [-0.39, 0.29) is 17.5 Å². The number of hydrogen-bond acceptors (Lipinski definition) is 6. The van der Waals surface area contributed by atoms with Crippen LogP contribution in [0.3, 0.4) is 0 Å². The number of benzene rings is 1. The molecule has 3 heterocycles. The number of methoxy groups -OCH3 is 1. The molecule has 7 nitrogen and oxygen atoms in total. The number of nitrogens with zero attached hydrogens (tertiary/aromatic N) is 4. The van der Waals surface area contributed by atoms with Crippen LogP contribution in [0.25, 0.3) is 0 Å². The normalized spacial score (nSPS) is 20.4. The van der Waals surface area contributed by atoms with E-state index >= 15 is 0 Å². The third kappa shape index (κ3) is 3.82. The highest BCUT2D eigenvalue weighted by molar-refractivity contribution is 7.99. The molecular formula is C23H28N4O3S. The number of piperazine rings is 1. The van der Waals surface area contributed by atoms with Gasteiger partial charge in [0.15, 0.2) is 5.16 Å². The first-order valence-electron chi connectivity index (χ1n) is 11.1. The fourth-order valence-electron chi connectivity index (χ4n) is 4.88. The van der Waals surface area contributed by atoms with Crippen molar-refractivity contribution >= 4 is 23.4 Å². The highest BCUT2D eigenvalue weighted by Crippen LogP contribution is 2.34. The fourth-order valence-corrected chi connectivity index (χ4v) is 6.04. The van der Waals surface area contributed by atoms with E-state index in [0.717, 1.165) is 72.4 Å². The van der Waals surface area contributed by atoms with E-state index in [1.54, 1.807) is 23.4 Å². The number of thioether (sulfide) groups is 1. The predicted octanol–water partition coefficient (Wildman–Crippen LogP) is 2.52. The van der Waals surface area contributed by atoms with E-state index in [1.165, 1.54) is 0 Å². The van der Waals surface area contributed by atoms with E-state index in [9.17, 15) is 9.59 Å². The number of aromatic nitrogens is 2. The Kier molecular flexibility index (Phi) is 5.65. The smallest absolute Gasteiger partial charge is 0.257 e. The highest BCUT2D eigenvalue weighted by Gasteiger charge is 2.32. The first-order valence-corrected chi connectivity index (χ1v) is 12.1. The lowest BCUT2D eigenvalue weighted by molar-refractivity contribution is -0.132. The molecule has 0 radical (unpaired) electrons. The van der Waals surface area contributed by atoms with Crippen molar-refractivity contribution in [3.8, 4) is 5.75 Å². The van der Waals surface area contributed by atoms with Crippen LogP contribution in [-0.4, -0.2) is 59.4 Å². The number of carbonyl (C=O) groups is 1. The lowest BCUT2D eigenvalue weighted by Gasteiger charge is -2.37. The van der Waals surface area contributed by atoms with E-state index in [1.807, 2.05) is 23.1 Å². The van der Waals surface area contributed by atoms with Gasteiger partial charge in [-0.1, -0.05) is 23.9 Å².